The molecule has 6 heteroatoms. The van der Waals surface area contributed by atoms with Crippen LogP contribution in [0.2, 0.25) is 0 Å². The van der Waals surface area contributed by atoms with E-state index in [4.69, 9.17) is 9.84 Å². The van der Waals surface area contributed by atoms with Gasteiger partial charge in [-0.25, -0.2) is 9.59 Å². The van der Waals surface area contributed by atoms with Crippen molar-refractivity contribution < 1.29 is 19.4 Å². The summed E-state index contributed by atoms with van der Waals surface area (Å²) in [5.41, 5.74) is 0.859. The fraction of sp³-hybridized carbons (Fsp3) is 0.529. The number of hydrogen-bond acceptors (Lipinski definition) is 4. The second-order valence-electron chi connectivity index (χ2n) is 5.71. The number of rotatable bonds is 10. The first-order valence-corrected chi connectivity index (χ1v) is 8.92. The zero-order valence-electron chi connectivity index (χ0n) is 13.7. The number of thioether (sulfide) groups is 1. The van der Waals surface area contributed by atoms with Gasteiger partial charge in [-0.15, -0.1) is 0 Å². The van der Waals surface area contributed by atoms with Gasteiger partial charge in [-0.2, -0.15) is 11.8 Å². The van der Waals surface area contributed by atoms with Gasteiger partial charge in [-0.1, -0.05) is 50.6 Å². The molecule has 0 fully saturated rings. The molecule has 0 aromatic heterocycles. The molecular weight excluding hydrogens is 314 g/mol. The van der Waals surface area contributed by atoms with Gasteiger partial charge in [0.1, 0.15) is 12.6 Å². The first-order chi connectivity index (χ1) is 11.0. The third-order valence-corrected chi connectivity index (χ3v) is 4.30. The molecule has 0 aliphatic heterocycles. The Balaban J connectivity index is 2.28. The Morgan fingerprint density at radius 3 is 2.57 bits per heavy atom. The molecule has 0 aliphatic carbocycles. The molecule has 1 amide bonds. The molecule has 0 saturated carbocycles. The zero-order valence-corrected chi connectivity index (χ0v) is 14.5. The van der Waals surface area contributed by atoms with Gasteiger partial charge in [0, 0.05) is 5.75 Å². The molecule has 1 aromatic carbocycles. The van der Waals surface area contributed by atoms with E-state index < -0.39 is 18.1 Å². The van der Waals surface area contributed by atoms with Gasteiger partial charge < -0.3 is 15.2 Å². The van der Waals surface area contributed by atoms with Crippen LogP contribution >= 0.6 is 11.8 Å². The topological polar surface area (TPSA) is 75.6 Å². The molecule has 0 radical (unpaired) electrons. The molecular formula is C17H25NO4S. The molecule has 1 rings (SSSR count). The number of ether oxygens (including phenoxy) is 1. The summed E-state index contributed by atoms with van der Waals surface area (Å²) in [5, 5.41) is 11.6. The monoisotopic (exact) mass is 339 g/mol. The van der Waals surface area contributed by atoms with E-state index in [1.165, 1.54) is 11.8 Å². The van der Waals surface area contributed by atoms with Crippen LogP contribution in [0.4, 0.5) is 4.79 Å². The standard InChI is InChI=1S/C17H25NO4S/c1-13(2)7-6-10-23-12-15(16(19)20)18-17(21)22-11-14-8-4-3-5-9-14/h3-5,8-9,13,15H,6-7,10-12H2,1-2H3,(H,18,21)(H,19,20). The van der Waals surface area contributed by atoms with Crippen molar-refractivity contribution in [1.29, 1.82) is 0 Å². The lowest BCUT2D eigenvalue weighted by Gasteiger charge is -2.14. The number of alkyl carbamates (subject to hydrolysis) is 1. The van der Waals surface area contributed by atoms with Crippen LogP contribution in [0.5, 0.6) is 0 Å². The second kappa shape index (κ2) is 10.9. The molecule has 1 unspecified atom stereocenters. The number of carbonyl (C=O) groups excluding carboxylic acids is 1. The van der Waals surface area contributed by atoms with E-state index in [2.05, 4.69) is 19.2 Å². The van der Waals surface area contributed by atoms with Crippen LogP contribution < -0.4 is 5.32 Å². The maximum atomic E-state index is 11.7. The molecule has 128 valence electrons. The summed E-state index contributed by atoms with van der Waals surface area (Å²) in [5.74, 6) is 0.839. The van der Waals surface area contributed by atoms with E-state index in [0.29, 0.717) is 11.7 Å². The van der Waals surface area contributed by atoms with Crippen LogP contribution in [0, 0.1) is 5.92 Å². The van der Waals surface area contributed by atoms with Gasteiger partial charge in [0.05, 0.1) is 0 Å². The average molecular weight is 339 g/mol. The summed E-state index contributed by atoms with van der Waals surface area (Å²) < 4.78 is 5.05. The molecule has 0 aliphatic rings. The normalized spacial score (nSPS) is 12.0. The van der Waals surface area contributed by atoms with Crippen LogP contribution in [-0.2, 0) is 16.1 Å². The summed E-state index contributed by atoms with van der Waals surface area (Å²) in [6, 6.07) is 8.33. The number of carbonyl (C=O) groups is 2. The Morgan fingerprint density at radius 1 is 1.26 bits per heavy atom. The highest BCUT2D eigenvalue weighted by atomic mass is 32.2. The van der Waals surface area contributed by atoms with Crippen molar-refractivity contribution in [2.45, 2.75) is 39.3 Å². The van der Waals surface area contributed by atoms with Crippen molar-refractivity contribution in [2.24, 2.45) is 5.92 Å². The van der Waals surface area contributed by atoms with E-state index >= 15 is 0 Å². The van der Waals surface area contributed by atoms with Crippen molar-refractivity contribution in [3.8, 4) is 0 Å². The smallest absolute Gasteiger partial charge is 0.408 e. The Bertz CT molecular complexity index is 479. The fourth-order valence-corrected chi connectivity index (χ4v) is 2.88. The lowest BCUT2D eigenvalue weighted by Crippen LogP contribution is -2.42. The van der Waals surface area contributed by atoms with E-state index in [-0.39, 0.29) is 6.61 Å². The van der Waals surface area contributed by atoms with E-state index in [1.807, 2.05) is 30.3 Å². The Morgan fingerprint density at radius 2 is 1.96 bits per heavy atom. The second-order valence-corrected chi connectivity index (χ2v) is 6.86. The summed E-state index contributed by atoms with van der Waals surface area (Å²) in [6.07, 6.45) is 1.47. The fourth-order valence-electron chi connectivity index (χ4n) is 1.88. The van der Waals surface area contributed by atoms with E-state index in [9.17, 15) is 9.59 Å². The quantitative estimate of drug-likeness (QED) is 0.638. The van der Waals surface area contributed by atoms with Crippen LogP contribution in [-0.4, -0.2) is 34.7 Å². The molecule has 0 saturated heterocycles. The lowest BCUT2D eigenvalue weighted by molar-refractivity contribution is -0.138. The summed E-state index contributed by atoms with van der Waals surface area (Å²) in [6.45, 7) is 4.45. The highest BCUT2D eigenvalue weighted by molar-refractivity contribution is 7.99. The first-order valence-electron chi connectivity index (χ1n) is 7.76. The highest BCUT2D eigenvalue weighted by Gasteiger charge is 2.20. The Kier molecular flexibility index (Phi) is 9.21. The molecule has 0 spiro atoms. The predicted molar refractivity (Wildman–Crippen MR) is 92.6 cm³/mol. The van der Waals surface area contributed by atoms with Crippen molar-refractivity contribution in [1.82, 2.24) is 5.32 Å². The van der Waals surface area contributed by atoms with Crippen LogP contribution in [0.25, 0.3) is 0 Å². The number of aliphatic carboxylic acids is 1. The largest absolute Gasteiger partial charge is 0.480 e. The maximum Gasteiger partial charge on any atom is 0.408 e. The van der Waals surface area contributed by atoms with Crippen molar-refractivity contribution >= 4 is 23.8 Å². The van der Waals surface area contributed by atoms with Gasteiger partial charge in [-0.3, -0.25) is 0 Å². The molecule has 1 aromatic rings. The Hall–Kier alpha value is -1.69. The van der Waals surface area contributed by atoms with Crippen LogP contribution in [0.3, 0.4) is 0 Å². The summed E-state index contributed by atoms with van der Waals surface area (Å²) >= 11 is 1.54. The molecule has 23 heavy (non-hydrogen) atoms. The minimum Gasteiger partial charge on any atom is -0.480 e. The number of benzene rings is 1. The molecule has 0 heterocycles. The van der Waals surface area contributed by atoms with E-state index in [1.54, 1.807) is 0 Å². The minimum atomic E-state index is -1.04. The molecule has 1 atom stereocenters. The van der Waals surface area contributed by atoms with Gasteiger partial charge in [-0.05, 0) is 23.7 Å². The van der Waals surface area contributed by atoms with Crippen molar-refractivity contribution in [3.63, 3.8) is 0 Å². The van der Waals surface area contributed by atoms with Gasteiger partial charge >= 0.3 is 12.1 Å². The molecule has 2 N–H and O–H groups in total. The third kappa shape index (κ3) is 9.13. The third-order valence-electron chi connectivity index (χ3n) is 3.16. The summed E-state index contributed by atoms with van der Waals surface area (Å²) in [4.78, 5) is 22.9. The number of nitrogens with one attached hydrogen (secondary N) is 1. The first kappa shape index (κ1) is 19.4. The average Bonchev–Trinajstić information content (AvgIpc) is 2.52. The minimum absolute atomic E-state index is 0.126. The zero-order chi connectivity index (χ0) is 17.1. The van der Waals surface area contributed by atoms with Crippen LogP contribution in [0.15, 0.2) is 30.3 Å². The lowest BCUT2D eigenvalue weighted by atomic mass is 10.1. The predicted octanol–water partition coefficient (Wildman–Crippen LogP) is 3.54. The SMILES string of the molecule is CC(C)CCCSCC(NC(=O)OCc1ccccc1)C(=O)O. The van der Waals surface area contributed by atoms with E-state index in [0.717, 1.165) is 24.2 Å². The van der Waals surface area contributed by atoms with Crippen molar-refractivity contribution in [3.05, 3.63) is 35.9 Å². The number of carboxylic acid groups (broad SMARTS) is 1. The van der Waals surface area contributed by atoms with Crippen molar-refractivity contribution in [2.75, 3.05) is 11.5 Å². The molecule has 5 nitrogen and oxygen atoms in total. The van der Waals surface area contributed by atoms with Gasteiger partial charge in [0.15, 0.2) is 0 Å². The van der Waals surface area contributed by atoms with Crippen LogP contribution in [0.1, 0.15) is 32.3 Å². The van der Waals surface area contributed by atoms with Gasteiger partial charge in [0.2, 0.25) is 0 Å². The Labute approximate surface area is 141 Å². The molecule has 0 bridgehead atoms. The van der Waals surface area contributed by atoms with Gasteiger partial charge in [0.25, 0.3) is 0 Å². The number of hydrogen-bond donors (Lipinski definition) is 2. The highest BCUT2D eigenvalue weighted by Crippen LogP contribution is 2.11. The summed E-state index contributed by atoms with van der Waals surface area (Å²) in [7, 11) is 0. The maximum absolute atomic E-state index is 11.7. The number of amides is 1. The number of carboxylic acids is 1.